The van der Waals surface area contributed by atoms with Gasteiger partial charge in [0.25, 0.3) is 0 Å². The largest absolute Gasteiger partial charge is 0.386 e. The van der Waals surface area contributed by atoms with Gasteiger partial charge in [0.1, 0.15) is 6.33 Å². The van der Waals surface area contributed by atoms with Gasteiger partial charge in [0.2, 0.25) is 0 Å². The highest BCUT2D eigenvalue weighted by molar-refractivity contribution is 6.33. The summed E-state index contributed by atoms with van der Waals surface area (Å²) in [6, 6.07) is 15.3. The molecule has 0 bridgehead atoms. The average molecular weight is 314 g/mol. The molecule has 0 saturated carbocycles. The Bertz CT molecular complexity index is 768. The van der Waals surface area contributed by atoms with Crippen LogP contribution in [0.2, 0.25) is 5.02 Å². The van der Waals surface area contributed by atoms with Crippen LogP contribution in [0.15, 0.2) is 54.9 Å². The minimum absolute atomic E-state index is 0.323. The molecule has 1 atom stereocenters. The number of aromatic nitrogens is 3. The van der Waals surface area contributed by atoms with E-state index in [1.165, 1.54) is 6.33 Å². The van der Waals surface area contributed by atoms with Crippen molar-refractivity contribution in [3.8, 4) is 11.4 Å². The van der Waals surface area contributed by atoms with Gasteiger partial charge in [-0.1, -0.05) is 53.6 Å². The summed E-state index contributed by atoms with van der Waals surface area (Å²) < 4.78 is 1.67. The third-order valence-electron chi connectivity index (χ3n) is 3.54. The first-order valence-corrected chi connectivity index (χ1v) is 7.40. The van der Waals surface area contributed by atoms with E-state index >= 15 is 0 Å². The maximum Gasteiger partial charge on any atom is 0.159 e. The zero-order chi connectivity index (χ0) is 15.5. The lowest BCUT2D eigenvalue weighted by atomic mass is 10.1. The molecule has 0 aliphatic rings. The molecule has 0 spiro atoms. The predicted molar refractivity (Wildman–Crippen MR) is 86.6 cm³/mol. The van der Waals surface area contributed by atoms with Gasteiger partial charge in [0.05, 0.1) is 17.7 Å². The Labute approximate surface area is 134 Å². The summed E-state index contributed by atoms with van der Waals surface area (Å²) in [6.07, 6.45) is 0.823. The van der Waals surface area contributed by atoms with Crippen LogP contribution in [0.25, 0.3) is 11.4 Å². The monoisotopic (exact) mass is 313 g/mol. The maximum absolute atomic E-state index is 10.4. The van der Waals surface area contributed by atoms with Gasteiger partial charge in [0.15, 0.2) is 5.82 Å². The van der Waals surface area contributed by atoms with Gasteiger partial charge in [-0.3, -0.25) is 0 Å². The van der Waals surface area contributed by atoms with Crippen molar-refractivity contribution >= 4 is 11.6 Å². The molecule has 2 aromatic carbocycles. The van der Waals surface area contributed by atoms with Crippen LogP contribution in [0, 0.1) is 6.92 Å². The molecule has 3 rings (SSSR count). The molecule has 22 heavy (non-hydrogen) atoms. The van der Waals surface area contributed by atoms with Crippen molar-refractivity contribution in [3.05, 3.63) is 71.0 Å². The zero-order valence-corrected chi connectivity index (χ0v) is 12.9. The number of hydrogen-bond donors (Lipinski definition) is 1. The van der Waals surface area contributed by atoms with Crippen molar-refractivity contribution in [2.45, 2.75) is 19.6 Å². The number of nitrogens with zero attached hydrogens (tertiary/aromatic N) is 3. The Hall–Kier alpha value is -2.17. The van der Waals surface area contributed by atoms with Crippen LogP contribution < -0.4 is 0 Å². The van der Waals surface area contributed by atoms with Gasteiger partial charge in [-0.2, -0.15) is 5.10 Å². The first kappa shape index (κ1) is 14.8. The molecule has 3 aromatic rings. The standard InChI is InChI=1S/C17H16ClN3O/c1-12-6-8-13(9-7-12)16(22)10-21-17(19-11-20-21)14-4-2-3-5-15(14)18/h2-9,11,16,22H,10H2,1H3. The summed E-state index contributed by atoms with van der Waals surface area (Å²) in [5.74, 6) is 0.650. The van der Waals surface area contributed by atoms with E-state index in [-0.39, 0.29) is 0 Å². The molecule has 0 aliphatic carbocycles. The van der Waals surface area contributed by atoms with Gasteiger partial charge in [0, 0.05) is 5.56 Å². The first-order valence-electron chi connectivity index (χ1n) is 7.02. The SMILES string of the molecule is Cc1ccc(C(O)Cn2ncnc2-c2ccccc2Cl)cc1. The molecule has 0 saturated heterocycles. The summed E-state index contributed by atoms with van der Waals surface area (Å²) >= 11 is 6.22. The van der Waals surface area contributed by atoms with Gasteiger partial charge < -0.3 is 5.11 Å². The first-order chi connectivity index (χ1) is 10.6. The molecule has 1 heterocycles. The van der Waals surface area contributed by atoms with E-state index < -0.39 is 6.10 Å². The van der Waals surface area contributed by atoms with E-state index in [0.717, 1.165) is 16.7 Å². The zero-order valence-electron chi connectivity index (χ0n) is 12.1. The second kappa shape index (κ2) is 6.30. The minimum Gasteiger partial charge on any atom is -0.386 e. The Morgan fingerprint density at radius 1 is 1.14 bits per heavy atom. The van der Waals surface area contributed by atoms with Crippen molar-refractivity contribution < 1.29 is 5.11 Å². The Morgan fingerprint density at radius 2 is 1.86 bits per heavy atom. The van der Waals surface area contributed by atoms with E-state index in [1.54, 1.807) is 4.68 Å². The van der Waals surface area contributed by atoms with Crippen molar-refractivity contribution in [2.24, 2.45) is 0 Å². The molecule has 0 amide bonds. The second-order valence-electron chi connectivity index (χ2n) is 5.17. The Kier molecular flexibility index (Phi) is 4.22. The lowest BCUT2D eigenvalue weighted by Gasteiger charge is -2.13. The van der Waals surface area contributed by atoms with E-state index in [0.29, 0.717) is 17.4 Å². The van der Waals surface area contributed by atoms with Crippen LogP contribution in [0.5, 0.6) is 0 Å². The van der Waals surface area contributed by atoms with E-state index in [4.69, 9.17) is 11.6 Å². The fraction of sp³-hybridized carbons (Fsp3) is 0.176. The fourth-order valence-electron chi connectivity index (χ4n) is 2.31. The third-order valence-corrected chi connectivity index (χ3v) is 3.87. The minimum atomic E-state index is -0.650. The van der Waals surface area contributed by atoms with Gasteiger partial charge in [-0.05, 0) is 24.6 Å². The van der Waals surface area contributed by atoms with Crippen LogP contribution in [-0.4, -0.2) is 19.9 Å². The van der Waals surface area contributed by atoms with Crippen molar-refractivity contribution in [2.75, 3.05) is 0 Å². The summed E-state index contributed by atoms with van der Waals surface area (Å²) in [4.78, 5) is 4.26. The molecular formula is C17H16ClN3O. The normalized spacial score (nSPS) is 12.3. The molecule has 0 aliphatic heterocycles. The lowest BCUT2D eigenvalue weighted by molar-refractivity contribution is 0.152. The number of rotatable bonds is 4. The summed E-state index contributed by atoms with van der Waals surface area (Å²) in [5, 5.41) is 15.2. The molecule has 4 nitrogen and oxygen atoms in total. The van der Waals surface area contributed by atoms with Crippen LogP contribution in [0.1, 0.15) is 17.2 Å². The molecule has 0 radical (unpaired) electrons. The van der Waals surface area contributed by atoms with E-state index in [9.17, 15) is 5.11 Å². The van der Waals surface area contributed by atoms with E-state index in [2.05, 4.69) is 10.1 Å². The molecule has 1 N–H and O–H groups in total. The highest BCUT2D eigenvalue weighted by Crippen LogP contribution is 2.26. The number of hydrogen-bond acceptors (Lipinski definition) is 3. The fourth-order valence-corrected chi connectivity index (χ4v) is 2.53. The Morgan fingerprint density at radius 3 is 2.59 bits per heavy atom. The molecule has 1 aromatic heterocycles. The number of aryl methyl sites for hydroxylation is 1. The number of aliphatic hydroxyl groups excluding tert-OH is 1. The van der Waals surface area contributed by atoms with Crippen LogP contribution >= 0.6 is 11.6 Å². The number of benzene rings is 2. The van der Waals surface area contributed by atoms with Crippen LogP contribution in [0.4, 0.5) is 0 Å². The smallest absolute Gasteiger partial charge is 0.159 e. The summed E-state index contributed by atoms with van der Waals surface area (Å²) in [6.45, 7) is 2.34. The van der Waals surface area contributed by atoms with Gasteiger partial charge >= 0.3 is 0 Å². The molecule has 112 valence electrons. The maximum atomic E-state index is 10.4. The quantitative estimate of drug-likeness (QED) is 0.800. The Balaban J connectivity index is 1.87. The number of halogens is 1. The second-order valence-corrected chi connectivity index (χ2v) is 5.58. The third kappa shape index (κ3) is 3.03. The van der Waals surface area contributed by atoms with Gasteiger partial charge in [-0.15, -0.1) is 0 Å². The summed E-state index contributed by atoms with van der Waals surface area (Å²) in [7, 11) is 0. The molecule has 5 heteroatoms. The summed E-state index contributed by atoms with van der Waals surface area (Å²) in [5.41, 5.74) is 2.82. The van der Waals surface area contributed by atoms with E-state index in [1.807, 2.05) is 55.5 Å². The topological polar surface area (TPSA) is 50.9 Å². The molecule has 1 unspecified atom stereocenters. The van der Waals surface area contributed by atoms with Crippen molar-refractivity contribution in [1.82, 2.24) is 14.8 Å². The van der Waals surface area contributed by atoms with Gasteiger partial charge in [-0.25, -0.2) is 9.67 Å². The number of aliphatic hydroxyl groups is 1. The lowest BCUT2D eigenvalue weighted by Crippen LogP contribution is -2.11. The van der Waals surface area contributed by atoms with Crippen molar-refractivity contribution in [1.29, 1.82) is 0 Å². The highest BCUT2D eigenvalue weighted by Gasteiger charge is 2.15. The van der Waals surface area contributed by atoms with Crippen molar-refractivity contribution in [3.63, 3.8) is 0 Å². The van der Waals surface area contributed by atoms with Crippen LogP contribution in [-0.2, 0) is 6.54 Å². The predicted octanol–water partition coefficient (Wildman–Crippen LogP) is 3.64. The average Bonchev–Trinajstić information content (AvgIpc) is 2.96. The molecular weight excluding hydrogens is 298 g/mol. The van der Waals surface area contributed by atoms with Crippen LogP contribution in [0.3, 0.4) is 0 Å². The highest BCUT2D eigenvalue weighted by atomic mass is 35.5. The molecule has 0 fully saturated rings.